The molecule has 0 bridgehead atoms. The maximum atomic E-state index is 12.1. The third kappa shape index (κ3) is 3.93. The van der Waals surface area contributed by atoms with Gasteiger partial charge in [0.05, 0.1) is 11.4 Å². The summed E-state index contributed by atoms with van der Waals surface area (Å²) >= 11 is 1.32. The van der Waals surface area contributed by atoms with Crippen LogP contribution in [-0.4, -0.2) is 35.3 Å². The molecule has 1 aromatic carbocycles. The maximum absolute atomic E-state index is 12.1. The molecule has 2 aliphatic rings. The molecule has 0 aromatic heterocycles. The Labute approximate surface area is 140 Å². The standard InChI is InChI=1S/C17H21N3O2S/c1-11-3-7-14(8-4-11)20-16(22)9-18-17(20)23-10-15(21)19-12(2)13-5-6-13/h3-4,7-8,12-13H,5-6,9-10H2,1-2H3,(H,19,21)/t12-/m0/s1. The Morgan fingerprint density at radius 3 is 2.74 bits per heavy atom. The van der Waals surface area contributed by atoms with Crippen molar-refractivity contribution in [3.05, 3.63) is 29.8 Å². The second-order valence-electron chi connectivity index (χ2n) is 6.15. The first kappa shape index (κ1) is 16.1. The van der Waals surface area contributed by atoms with E-state index in [1.54, 1.807) is 4.90 Å². The first-order chi connectivity index (χ1) is 11.0. The van der Waals surface area contributed by atoms with Crippen LogP contribution in [0.15, 0.2) is 29.3 Å². The van der Waals surface area contributed by atoms with Crippen LogP contribution in [0.1, 0.15) is 25.3 Å². The van der Waals surface area contributed by atoms with Crippen LogP contribution < -0.4 is 10.2 Å². The lowest BCUT2D eigenvalue weighted by Crippen LogP contribution is -2.36. The Bertz CT molecular complexity index is 638. The van der Waals surface area contributed by atoms with Crippen molar-refractivity contribution in [3.63, 3.8) is 0 Å². The van der Waals surface area contributed by atoms with E-state index < -0.39 is 0 Å². The second-order valence-corrected chi connectivity index (χ2v) is 7.09. The number of carbonyl (C=O) groups excluding carboxylic acids is 2. The monoisotopic (exact) mass is 331 g/mol. The molecule has 0 saturated heterocycles. The molecule has 1 atom stereocenters. The summed E-state index contributed by atoms with van der Waals surface area (Å²) in [6, 6.07) is 7.98. The summed E-state index contributed by atoms with van der Waals surface area (Å²) in [7, 11) is 0. The van der Waals surface area contributed by atoms with Gasteiger partial charge >= 0.3 is 0 Å². The first-order valence-electron chi connectivity index (χ1n) is 7.91. The summed E-state index contributed by atoms with van der Waals surface area (Å²) in [5.74, 6) is 0.868. The topological polar surface area (TPSA) is 61.8 Å². The molecular weight excluding hydrogens is 310 g/mol. The van der Waals surface area contributed by atoms with Crippen molar-refractivity contribution in [2.24, 2.45) is 10.9 Å². The summed E-state index contributed by atoms with van der Waals surface area (Å²) in [6.45, 7) is 4.20. The van der Waals surface area contributed by atoms with E-state index in [9.17, 15) is 9.59 Å². The molecule has 1 fully saturated rings. The van der Waals surface area contributed by atoms with Gasteiger partial charge in [-0.15, -0.1) is 0 Å². The summed E-state index contributed by atoms with van der Waals surface area (Å²) in [5, 5.41) is 3.63. The van der Waals surface area contributed by atoms with Gasteiger partial charge in [-0.05, 0) is 44.7 Å². The molecule has 1 aliphatic heterocycles. The van der Waals surface area contributed by atoms with Gasteiger partial charge in [0, 0.05) is 6.04 Å². The van der Waals surface area contributed by atoms with Gasteiger partial charge in [0.15, 0.2) is 5.17 Å². The highest BCUT2D eigenvalue weighted by atomic mass is 32.2. The quantitative estimate of drug-likeness (QED) is 0.901. The van der Waals surface area contributed by atoms with Crippen molar-refractivity contribution in [3.8, 4) is 0 Å². The normalized spacial score (nSPS) is 18.8. The predicted molar refractivity (Wildman–Crippen MR) is 93.8 cm³/mol. The van der Waals surface area contributed by atoms with E-state index in [1.807, 2.05) is 31.2 Å². The van der Waals surface area contributed by atoms with Gasteiger partial charge in [-0.3, -0.25) is 19.5 Å². The van der Waals surface area contributed by atoms with Crippen molar-refractivity contribution in [1.82, 2.24) is 5.32 Å². The number of thioether (sulfide) groups is 1. The van der Waals surface area contributed by atoms with Crippen molar-refractivity contribution < 1.29 is 9.59 Å². The van der Waals surface area contributed by atoms with Crippen molar-refractivity contribution in [2.75, 3.05) is 17.2 Å². The van der Waals surface area contributed by atoms with E-state index in [0.29, 0.717) is 11.1 Å². The lowest BCUT2D eigenvalue weighted by atomic mass is 10.2. The number of aryl methyl sites for hydroxylation is 1. The zero-order valence-corrected chi connectivity index (χ0v) is 14.2. The average Bonchev–Trinajstić information content (AvgIpc) is 3.31. The fourth-order valence-corrected chi connectivity index (χ4v) is 3.42. The number of rotatable bonds is 5. The number of nitrogens with one attached hydrogen (secondary N) is 1. The van der Waals surface area contributed by atoms with E-state index in [2.05, 4.69) is 17.2 Å². The lowest BCUT2D eigenvalue weighted by Gasteiger charge is -2.18. The predicted octanol–water partition coefficient (Wildman–Crippen LogP) is 2.35. The molecule has 6 heteroatoms. The molecule has 3 rings (SSSR count). The molecular formula is C17H21N3O2S. The highest BCUT2D eigenvalue weighted by Gasteiger charge is 2.30. The maximum Gasteiger partial charge on any atom is 0.254 e. The Kier molecular flexibility index (Phi) is 4.71. The van der Waals surface area contributed by atoms with E-state index >= 15 is 0 Å². The fraction of sp³-hybridized carbons (Fsp3) is 0.471. The fourth-order valence-electron chi connectivity index (χ4n) is 2.58. The molecule has 1 saturated carbocycles. The zero-order chi connectivity index (χ0) is 16.4. The molecule has 23 heavy (non-hydrogen) atoms. The number of benzene rings is 1. The molecule has 0 spiro atoms. The van der Waals surface area contributed by atoms with Gasteiger partial charge < -0.3 is 5.32 Å². The SMILES string of the molecule is Cc1ccc(N2C(=O)CN=C2SCC(=O)N[C@@H](C)C2CC2)cc1. The van der Waals surface area contributed by atoms with Crippen LogP contribution in [-0.2, 0) is 9.59 Å². The van der Waals surface area contributed by atoms with Gasteiger partial charge in [0.2, 0.25) is 5.91 Å². The van der Waals surface area contributed by atoms with Crippen LogP contribution in [0.4, 0.5) is 5.69 Å². The molecule has 1 heterocycles. The van der Waals surface area contributed by atoms with E-state index in [0.717, 1.165) is 11.3 Å². The smallest absolute Gasteiger partial charge is 0.254 e. The third-order valence-electron chi connectivity index (χ3n) is 4.13. The lowest BCUT2D eigenvalue weighted by molar-refractivity contribution is -0.119. The molecule has 0 radical (unpaired) electrons. The Balaban J connectivity index is 1.58. The van der Waals surface area contributed by atoms with Gasteiger partial charge in [-0.1, -0.05) is 29.5 Å². The zero-order valence-electron chi connectivity index (χ0n) is 13.4. The van der Waals surface area contributed by atoms with E-state index in [-0.39, 0.29) is 30.2 Å². The van der Waals surface area contributed by atoms with Crippen LogP contribution in [0.3, 0.4) is 0 Å². The molecule has 2 amide bonds. The van der Waals surface area contributed by atoms with E-state index in [4.69, 9.17) is 0 Å². The molecule has 1 N–H and O–H groups in total. The Morgan fingerprint density at radius 2 is 2.09 bits per heavy atom. The van der Waals surface area contributed by atoms with Crippen molar-refractivity contribution in [2.45, 2.75) is 32.7 Å². The molecule has 5 nitrogen and oxygen atoms in total. The van der Waals surface area contributed by atoms with Gasteiger partial charge in [-0.2, -0.15) is 0 Å². The summed E-state index contributed by atoms with van der Waals surface area (Å²) in [4.78, 5) is 30.0. The minimum absolute atomic E-state index is 0.000283. The van der Waals surface area contributed by atoms with Crippen LogP contribution in [0.2, 0.25) is 0 Å². The highest BCUT2D eigenvalue weighted by Crippen LogP contribution is 2.32. The molecule has 122 valence electrons. The van der Waals surface area contributed by atoms with Crippen LogP contribution in [0, 0.1) is 12.8 Å². The number of aliphatic imine (C=N–C) groups is 1. The Hall–Kier alpha value is -1.82. The van der Waals surface area contributed by atoms with Gasteiger partial charge in [-0.25, -0.2) is 0 Å². The van der Waals surface area contributed by atoms with Crippen LogP contribution in [0.5, 0.6) is 0 Å². The largest absolute Gasteiger partial charge is 0.353 e. The number of carbonyl (C=O) groups is 2. The number of amidine groups is 1. The molecule has 1 aliphatic carbocycles. The number of nitrogens with zero attached hydrogens (tertiary/aromatic N) is 2. The van der Waals surface area contributed by atoms with Crippen LogP contribution >= 0.6 is 11.8 Å². The van der Waals surface area contributed by atoms with Gasteiger partial charge in [0.25, 0.3) is 5.91 Å². The third-order valence-corrected chi connectivity index (χ3v) is 5.11. The second kappa shape index (κ2) is 6.74. The van der Waals surface area contributed by atoms with Crippen LogP contribution in [0.25, 0.3) is 0 Å². The van der Waals surface area contributed by atoms with Crippen molar-refractivity contribution >= 4 is 34.4 Å². The minimum atomic E-state index is -0.0527. The molecule has 0 unspecified atom stereocenters. The van der Waals surface area contributed by atoms with E-state index in [1.165, 1.54) is 24.6 Å². The van der Waals surface area contributed by atoms with Gasteiger partial charge in [0.1, 0.15) is 6.54 Å². The summed E-state index contributed by atoms with van der Waals surface area (Å²) in [6.07, 6.45) is 2.41. The number of hydrogen-bond donors (Lipinski definition) is 1. The summed E-state index contributed by atoms with van der Waals surface area (Å²) in [5.41, 5.74) is 1.94. The summed E-state index contributed by atoms with van der Waals surface area (Å²) < 4.78 is 0. The number of hydrogen-bond acceptors (Lipinski definition) is 4. The Morgan fingerprint density at radius 1 is 1.39 bits per heavy atom. The minimum Gasteiger partial charge on any atom is -0.353 e. The first-order valence-corrected chi connectivity index (χ1v) is 8.89. The van der Waals surface area contributed by atoms with Crippen molar-refractivity contribution in [1.29, 1.82) is 0 Å². The number of amides is 2. The average molecular weight is 331 g/mol. The highest BCUT2D eigenvalue weighted by molar-refractivity contribution is 8.14. The number of anilines is 1. The molecule has 1 aromatic rings.